The molecular formula is C15H27N3S. The summed E-state index contributed by atoms with van der Waals surface area (Å²) in [6.07, 6.45) is 13.3. The van der Waals surface area contributed by atoms with Crippen LogP contribution < -0.4 is 5.32 Å². The van der Waals surface area contributed by atoms with E-state index in [1.807, 2.05) is 0 Å². The van der Waals surface area contributed by atoms with Crippen LogP contribution >= 0.6 is 11.3 Å². The highest BCUT2D eigenvalue weighted by Crippen LogP contribution is 2.20. The Bertz CT molecular complexity index is 347. The van der Waals surface area contributed by atoms with Crippen LogP contribution in [0.5, 0.6) is 0 Å². The summed E-state index contributed by atoms with van der Waals surface area (Å²) in [4.78, 5) is 0. The van der Waals surface area contributed by atoms with Crippen molar-refractivity contribution in [1.82, 2.24) is 15.5 Å². The maximum Gasteiger partial charge on any atom is 0.131 e. The van der Waals surface area contributed by atoms with E-state index in [0.29, 0.717) is 0 Å². The molecule has 0 radical (unpaired) electrons. The molecule has 108 valence electrons. The minimum atomic E-state index is 0.760. The normalized spacial score (nSPS) is 15.0. The van der Waals surface area contributed by atoms with E-state index in [0.717, 1.165) is 24.0 Å². The predicted molar refractivity (Wildman–Crippen MR) is 81.5 cm³/mol. The van der Waals surface area contributed by atoms with Gasteiger partial charge < -0.3 is 5.32 Å². The highest BCUT2D eigenvalue weighted by Gasteiger charge is 2.20. The fourth-order valence-corrected chi connectivity index (χ4v) is 3.05. The van der Waals surface area contributed by atoms with E-state index in [-0.39, 0.29) is 0 Å². The highest BCUT2D eigenvalue weighted by molar-refractivity contribution is 7.11. The lowest BCUT2D eigenvalue weighted by Crippen LogP contribution is -2.14. The molecule has 2 rings (SSSR count). The van der Waals surface area contributed by atoms with Crippen LogP contribution in [-0.2, 0) is 13.0 Å². The second-order valence-electron chi connectivity index (χ2n) is 5.62. The number of unbranched alkanes of at least 4 members (excludes halogenated alkanes) is 6. The first kappa shape index (κ1) is 14.9. The summed E-state index contributed by atoms with van der Waals surface area (Å²) >= 11 is 1.79. The van der Waals surface area contributed by atoms with Gasteiger partial charge in [0.05, 0.1) is 0 Å². The van der Waals surface area contributed by atoms with Crippen molar-refractivity contribution in [2.75, 3.05) is 0 Å². The number of hydrogen-bond acceptors (Lipinski definition) is 4. The van der Waals surface area contributed by atoms with Crippen LogP contribution in [-0.4, -0.2) is 16.2 Å². The van der Waals surface area contributed by atoms with Crippen LogP contribution in [0, 0.1) is 0 Å². The van der Waals surface area contributed by atoms with Gasteiger partial charge in [0, 0.05) is 19.0 Å². The first-order chi connectivity index (χ1) is 9.38. The molecule has 0 aromatic carbocycles. The van der Waals surface area contributed by atoms with Gasteiger partial charge in [-0.05, 0) is 19.3 Å². The molecule has 1 aliphatic carbocycles. The third-order valence-electron chi connectivity index (χ3n) is 3.62. The van der Waals surface area contributed by atoms with E-state index in [1.165, 1.54) is 62.8 Å². The molecule has 0 saturated heterocycles. The summed E-state index contributed by atoms with van der Waals surface area (Å²) in [6, 6.07) is 0.760. The van der Waals surface area contributed by atoms with Gasteiger partial charge in [0.15, 0.2) is 0 Å². The molecule has 4 heteroatoms. The number of nitrogens with zero attached hydrogens (tertiary/aromatic N) is 2. The lowest BCUT2D eigenvalue weighted by molar-refractivity contribution is 0.588. The van der Waals surface area contributed by atoms with Gasteiger partial charge in [-0.25, -0.2) is 0 Å². The topological polar surface area (TPSA) is 37.8 Å². The van der Waals surface area contributed by atoms with Gasteiger partial charge in [0.25, 0.3) is 0 Å². The van der Waals surface area contributed by atoms with E-state index >= 15 is 0 Å². The van der Waals surface area contributed by atoms with Gasteiger partial charge in [0.2, 0.25) is 0 Å². The molecule has 0 bridgehead atoms. The molecule has 1 N–H and O–H groups in total. The zero-order valence-corrected chi connectivity index (χ0v) is 13.0. The summed E-state index contributed by atoms with van der Waals surface area (Å²) in [5, 5.41) is 14.4. The molecule has 1 aromatic heterocycles. The van der Waals surface area contributed by atoms with Gasteiger partial charge in [-0.15, -0.1) is 21.5 Å². The molecule has 1 saturated carbocycles. The van der Waals surface area contributed by atoms with Gasteiger partial charge in [-0.1, -0.05) is 45.4 Å². The van der Waals surface area contributed by atoms with Crippen molar-refractivity contribution in [2.45, 2.75) is 83.7 Å². The summed E-state index contributed by atoms with van der Waals surface area (Å²) < 4.78 is 0. The molecule has 0 amide bonds. The van der Waals surface area contributed by atoms with Gasteiger partial charge >= 0.3 is 0 Å². The Labute approximate surface area is 121 Å². The summed E-state index contributed by atoms with van der Waals surface area (Å²) in [7, 11) is 0. The van der Waals surface area contributed by atoms with Crippen molar-refractivity contribution in [3.8, 4) is 0 Å². The highest BCUT2D eigenvalue weighted by atomic mass is 32.1. The Morgan fingerprint density at radius 2 is 1.68 bits per heavy atom. The van der Waals surface area contributed by atoms with E-state index < -0.39 is 0 Å². The fraction of sp³-hybridized carbons (Fsp3) is 0.867. The van der Waals surface area contributed by atoms with E-state index in [9.17, 15) is 0 Å². The smallest absolute Gasteiger partial charge is 0.131 e. The standard InChI is InChI=1S/C15H27N3S/c1-2-3-4-5-6-7-8-9-14-17-18-15(19-14)12-16-13-10-11-13/h13,16H,2-12H2,1H3. The summed E-state index contributed by atoms with van der Waals surface area (Å²) in [5.74, 6) is 0. The number of aryl methyl sites for hydroxylation is 1. The Morgan fingerprint density at radius 1 is 1.00 bits per heavy atom. The lowest BCUT2D eigenvalue weighted by Gasteiger charge is -1.99. The van der Waals surface area contributed by atoms with Crippen LogP contribution in [0.1, 0.15) is 74.7 Å². The van der Waals surface area contributed by atoms with Gasteiger partial charge in [-0.3, -0.25) is 0 Å². The first-order valence-electron chi connectivity index (χ1n) is 7.93. The second-order valence-corrected chi connectivity index (χ2v) is 6.76. The quantitative estimate of drug-likeness (QED) is 0.621. The molecule has 1 fully saturated rings. The van der Waals surface area contributed by atoms with Crippen LogP contribution in [0.2, 0.25) is 0 Å². The third kappa shape index (κ3) is 6.48. The third-order valence-corrected chi connectivity index (χ3v) is 4.61. The molecule has 0 unspecified atom stereocenters. The van der Waals surface area contributed by atoms with Crippen LogP contribution in [0.15, 0.2) is 0 Å². The van der Waals surface area contributed by atoms with Crippen molar-refractivity contribution >= 4 is 11.3 Å². The predicted octanol–water partition coefficient (Wildman–Crippen LogP) is 4.08. The largest absolute Gasteiger partial charge is 0.308 e. The minimum absolute atomic E-state index is 0.760. The first-order valence-corrected chi connectivity index (χ1v) is 8.74. The molecule has 1 aliphatic rings. The monoisotopic (exact) mass is 281 g/mol. The SMILES string of the molecule is CCCCCCCCCc1nnc(CNC2CC2)s1. The average molecular weight is 281 g/mol. The minimum Gasteiger partial charge on any atom is -0.308 e. The van der Waals surface area contributed by atoms with Crippen LogP contribution in [0.25, 0.3) is 0 Å². The van der Waals surface area contributed by atoms with Crippen molar-refractivity contribution in [2.24, 2.45) is 0 Å². The molecule has 1 aromatic rings. The zero-order valence-electron chi connectivity index (χ0n) is 12.2. The van der Waals surface area contributed by atoms with Gasteiger partial charge in [-0.2, -0.15) is 0 Å². The molecule has 0 atom stereocenters. The zero-order chi connectivity index (χ0) is 13.3. The Kier molecular flexibility index (Phi) is 6.79. The Balaban J connectivity index is 1.50. The van der Waals surface area contributed by atoms with Crippen LogP contribution in [0.4, 0.5) is 0 Å². The van der Waals surface area contributed by atoms with Crippen LogP contribution in [0.3, 0.4) is 0 Å². The molecular weight excluding hydrogens is 254 g/mol. The number of aromatic nitrogens is 2. The summed E-state index contributed by atoms with van der Waals surface area (Å²) in [5.41, 5.74) is 0. The van der Waals surface area contributed by atoms with E-state index in [1.54, 1.807) is 11.3 Å². The molecule has 19 heavy (non-hydrogen) atoms. The molecule has 0 spiro atoms. The van der Waals surface area contributed by atoms with Crippen molar-refractivity contribution in [3.63, 3.8) is 0 Å². The molecule has 3 nitrogen and oxygen atoms in total. The second kappa shape index (κ2) is 8.64. The summed E-state index contributed by atoms with van der Waals surface area (Å²) in [6.45, 7) is 3.19. The average Bonchev–Trinajstić information content (AvgIpc) is 3.15. The van der Waals surface area contributed by atoms with Gasteiger partial charge in [0.1, 0.15) is 10.0 Å². The number of rotatable bonds is 11. The lowest BCUT2D eigenvalue weighted by atomic mass is 10.1. The van der Waals surface area contributed by atoms with E-state index in [2.05, 4.69) is 22.4 Å². The Morgan fingerprint density at radius 3 is 2.42 bits per heavy atom. The molecule has 1 heterocycles. The fourth-order valence-electron chi connectivity index (χ4n) is 2.21. The van der Waals surface area contributed by atoms with E-state index in [4.69, 9.17) is 0 Å². The van der Waals surface area contributed by atoms with Crippen molar-refractivity contribution in [3.05, 3.63) is 10.0 Å². The maximum atomic E-state index is 4.29. The maximum absolute atomic E-state index is 4.29. The number of nitrogens with one attached hydrogen (secondary N) is 1. The Hall–Kier alpha value is -0.480. The number of hydrogen-bond donors (Lipinski definition) is 1. The van der Waals surface area contributed by atoms with Crippen molar-refractivity contribution in [1.29, 1.82) is 0 Å². The molecule has 0 aliphatic heterocycles. The van der Waals surface area contributed by atoms with Crippen molar-refractivity contribution < 1.29 is 0 Å².